The third-order valence-electron chi connectivity index (χ3n) is 1.26. The van der Waals surface area contributed by atoms with Crippen molar-refractivity contribution < 1.29 is 19.2 Å². The van der Waals surface area contributed by atoms with E-state index in [1.807, 2.05) is 0 Å². The molecule has 3 N–H and O–H groups in total. The van der Waals surface area contributed by atoms with Crippen LogP contribution in [0.15, 0.2) is 11.6 Å². The number of hydrogen-bond acceptors (Lipinski definition) is 1. The lowest BCUT2D eigenvalue weighted by molar-refractivity contribution is 0.275. The molecule has 0 amide bonds. The minimum Gasteiger partial charge on any atom is -0.303 e. The van der Waals surface area contributed by atoms with E-state index in [0.717, 1.165) is 5.92 Å². The average molecular weight is 210 g/mol. The maximum absolute atomic E-state index is 8.88. The number of rotatable bonds is 2. The zero-order valence-electron chi connectivity index (χ0n) is 8.56. The molecule has 0 aliphatic rings. The first kappa shape index (κ1) is 15.3. The van der Waals surface area contributed by atoms with Gasteiger partial charge in [0.15, 0.2) is 0 Å². The minimum absolute atomic E-state index is 0.764. The van der Waals surface area contributed by atoms with E-state index in [4.69, 9.17) is 19.2 Å². The van der Waals surface area contributed by atoms with Gasteiger partial charge >= 0.3 is 7.82 Å². The Kier molecular flexibility index (Phi) is 8.57. The van der Waals surface area contributed by atoms with Crippen molar-refractivity contribution >= 4 is 7.82 Å². The molecule has 0 aliphatic heterocycles. The molecule has 1 atom stereocenters. The monoisotopic (exact) mass is 210 g/mol. The van der Waals surface area contributed by atoms with Crippen molar-refractivity contribution in [2.75, 3.05) is 0 Å². The van der Waals surface area contributed by atoms with Gasteiger partial charge in [-0.15, -0.1) is 0 Å². The van der Waals surface area contributed by atoms with Crippen molar-refractivity contribution in [1.29, 1.82) is 0 Å². The highest BCUT2D eigenvalue weighted by Gasteiger charge is 2.00. The second kappa shape index (κ2) is 7.27. The molecule has 0 spiro atoms. The summed E-state index contributed by atoms with van der Waals surface area (Å²) in [7, 11) is -4.64. The maximum atomic E-state index is 8.88. The number of allylic oxidation sites excluding steroid dienone is 2. The molecule has 0 heterocycles. The van der Waals surface area contributed by atoms with E-state index in [9.17, 15) is 0 Å². The van der Waals surface area contributed by atoms with Crippen molar-refractivity contribution in [3.63, 3.8) is 0 Å². The second-order valence-electron chi connectivity index (χ2n) is 3.14. The summed E-state index contributed by atoms with van der Waals surface area (Å²) in [4.78, 5) is 21.6. The quantitative estimate of drug-likeness (QED) is 0.481. The lowest BCUT2D eigenvalue weighted by Crippen LogP contribution is -1.84. The van der Waals surface area contributed by atoms with Gasteiger partial charge in [0.05, 0.1) is 0 Å². The third kappa shape index (κ3) is 33.6. The first-order chi connectivity index (χ1) is 5.66. The van der Waals surface area contributed by atoms with E-state index in [0.29, 0.717) is 0 Å². The van der Waals surface area contributed by atoms with Crippen LogP contribution in [0.5, 0.6) is 0 Å². The van der Waals surface area contributed by atoms with Crippen LogP contribution in [0.4, 0.5) is 0 Å². The summed E-state index contributed by atoms with van der Waals surface area (Å²) in [5.74, 6) is 0.764. The standard InChI is InChI=1S/C8H16.H3O4P/c1-5-8(4)6-7(2)3;1-5(2,3)4/h6,8H,5H2,1-4H3;(H3,1,2,3,4). The summed E-state index contributed by atoms with van der Waals surface area (Å²) in [5, 5.41) is 0. The first-order valence-electron chi connectivity index (χ1n) is 4.10. The molecule has 0 aromatic heterocycles. The number of hydrogen-bond donors (Lipinski definition) is 3. The summed E-state index contributed by atoms with van der Waals surface area (Å²) in [6, 6.07) is 0. The van der Waals surface area contributed by atoms with Gasteiger partial charge in [-0.1, -0.05) is 31.9 Å². The zero-order chi connectivity index (χ0) is 11.1. The van der Waals surface area contributed by atoms with Crippen LogP contribution in [0.25, 0.3) is 0 Å². The lowest BCUT2D eigenvalue weighted by Gasteiger charge is -1.99. The molecule has 80 valence electrons. The van der Waals surface area contributed by atoms with Crippen LogP contribution in [0.1, 0.15) is 34.1 Å². The van der Waals surface area contributed by atoms with Crippen molar-refractivity contribution in [3.8, 4) is 0 Å². The van der Waals surface area contributed by atoms with E-state index >= 15 is 0 Å². The molecule has 5 heteroatoms. The van der Waals surface area contributed by atoms with Crippen molar-refractivity contribution in [2.45, 2.75) is 34.1 Å². The van der Waals surface area contributed by atoms with Crippen molar-refractivity contribution in [3.05, 3.63) is 11.6 Å². The highest BCUT2D eigenvalue weighted by molar-refractivity contribution is 7.45. The highest BCUT2D eigenvalue weighted by Crippen LogP contribution is 2.25. The van der Waals surface area contributed by atoms with Gasteiger partial charge in [-0.05, 0) is 19.8 Å². The summed E-state index contributed by atoms with van der Waals surface area (Å²) in [6.07, 6.45) is 3.56. The molecular formula is C8H19O4P. The summed E-state index contributed by atoms with van der Waals surface area (Å²) in [6.45, 7) is 8.75. The Balaban J connectivity index is 0. The van der Waals surface area contributed by atoms with Crippen LogP contribution in [-0.2, 0) is 4.57 Å². The van der Waals surface area contributed by atoms with E-state index < -0.39 is 7.82 Å². The lowest BCUT2D eigenvalue weighted by atomic mass is 10.1. The molecule has 0 saturated carbocycles. The Morgan fingerprint density at radius 2 is 1.69 bits per heavy atom. The summed E-state index contributed by atoms with van der Waals surface area (Å²) < 4.78 is 8.88. The molecule has 0 fully saturated rings. The minimum atomic E-state index is -4.64. The fourth-order valence-corrected chi connectivity index (χ4v) is 0.687. The maximum Gasteiger partial charge on any atom is 0.466 e. The van der Waals surface area contributed by atoms with Crippen LogP contribution in [-0.4, -0.2) is 14.7 Å². The molecule has 0 aromatic rings. The van der Waals surface area contributed by atoms with E-state index in [-0.39, 0.29) is 0 Å². The summed E-state index contributed by atoms with van der Waals surface area (Å²) in [5.41, 5.74) is 1.43. The first-order valence-corrected chi connectivity index (χ1v) is 5.66. The van der Waals surface area contributed by atoms with Gasteiger partial charge in [0.1, 0.15) is 0 Å². The van der Waals surface area contributed by atoms with E-state index in [1.54, 1.807) is 0 Å². The largest absolute Gasteiger partial charge is 0.466 e. The Morgan fingerprint density at radius 1 is 1.38 bits per heavy atom. The fourth-order valence-electron chi connectivity index (χ4n) is 0.687. The van der Waals surface area contributed by atoms with Crippen LogP contribution >= 0.6 is 7.82 Å². The molecule has 0 bridgehead atoms. The third-order valence-corrected chi connectivity index (χ3v) is 1.26. The van der Waals surface area contributed by atoms with Crippen LogP contribution < -0.4 is 0 Å². The fraction of sp³-hybridized carbons (Fsp3) is 0.750. The molecule has 1 unspecified atom stereocenters. The van der Waals surface area contributed by atoms with Crippen LogP contribution in [0.3, 0.4) is 0 Å². The Labute approximate surface area is 79.5 Å². The normalized spacial score (nSPS) is 12.5. The van der Waals surface area contributed by atoms with Crippen molar-refractivity contribution in [2.24, 2.45) is 5.92 Å². The highest BCUT2D eigenvalue weighted by atomic mass is 31.2. The Bertz CT molecular complexity index is 182. The van der Waals surface area contributed by atoms with Crippen molar-refractivity contribution in [1.82, 2.24) is 0 Å². The predicted molar refractivity (Wildman–Crippen MR) is 53.1 cm³/mol. The molecule has 0 radical (unpaired) electrons. The van der Waals surface area contributed by atoms with Gasteiger partial charge in [-0.3, -0.25) is 0 Å². The van der Waals surface area contributed by atoms with Crippen LogP contribution in [0, 0.1) is 5.92 Å². The Hall–Kier alpha value is -0.150. The van der Waals surface area contributed by atoms with Gasteiger partial charge in [0, 0.05) is 0 Å². The number of phosphoric acid groups is 1. The molecule has 4 nitrogen and oxygen atoms in total. The smallest absolute Gasteiger partial charge is 0.303 e. The van der Waals surface area contributed by atoms with Gasteiger partial charge in [-0.25, -0.2) is 4.57 Å². The molecule has 0 saturated heterocycles. The second-order valence-corrected chi connectivity index (χ2v) is 4.17. The van der Waals surface area contributed by atoms with Crippen LogP contribution in [0.2, 0.25) is 0 Å². The molecule has 0 aliphatic carbocycles. The van der Waals surface area contributed by atoms with E-state index in [1.165, 1.54) is 12.0 Å². The molecular weight excluding hydrogens is 191 g/mol. The van der Waals surface area contributed by atoms with E-state index in [2.05, 4.69) is 33.8 Å². The Morgan fingerprint density at radius 3 is 1.77 bits per heavy atom. The molecule has 13 heavy (non-hydrogen) atoms. The predicted octanol–water partition coefficient (Wildman–Crippen LogP) is 2.07. The topological polar surface area (TPSA) is 77.8 Å². The zero-order valence-corrected chi connectivity index (χ0v) is 9.45. The average Bonchev–Trinajstić information content (AvgIpc) is 1.82. The van der Waals surface area contributed by atoms with Gasteiger partial charge < -0.3 is 14.7 Å². The van der Waals surface area contributed by atoms with Gasteiger partial charge in [0.2, 0.25) is 0 Å². The SMILES string of the molecule is CCC(C)C=C(C)C.O=P(O)(O)O. The molecule has 0 aromatic carbocycles. The summed E-state index contributed by atoms with van der Waals surface area (Å²) >= 11 is 0. The molecule has 0 rings (SSSR count). The van der Waals surface area contributed by atoms with Gasteiger partial charge in [0.25, 0.3) is 0 Å². The van der Waals surface area contributed by atoms with Gasteiger partial charge in [-0.2, -0.15) is 0 Å².